The molecule has 0 bridgehead atoms. The van der Waals surface area contributed by atoms with Crippen molar-refractivity contribution >= 4 is 205 Å². The molecule has 2 fully saturated rings. The Hall–Kier alpha value is -15.3. The lowest BCUT2D eigenvalue weighted by Gasteiger charge is -2.40. The number of phenolic OH excluding ortho intramolecular Hbond substituents is 1. The predicted molar refractivity (Wildman–Crippen MR) is 553 cm³/mol. The fraction of sp³-hybridized carbons (Fsp3) is 0.111. The average molecular weight is 2100 g/mol. The van der Waals surface area contributed by atoms with Gasteiger partial charge in [0.1, 0.15) is 90.5 Å². The first-order valence-electron chi connectivity index (χ1n) is 41.4. The molecule has 2 aliphatic rings. The van der Waals surface area contributed by atoms with Crippen molar-refractivity contribution in [2.24, 2.45) is 4.99 Å². The second-order valence-electron chi connectivity index (χ2n) is 29.5. The lowest BCUT2D eigenvalue weighted by Crippen LogP contribution is -2.59. The van der Waals surface area contributed by atoms with Crippen molar-refractivity contribution in [3.05, 3.63) is 363 Å². The first kappa shape index (κ1) is 106. The summed E-state index contributed by atoms with van der Waals surface area (Å²) in [5.74, 6) is 3.24. The second-order valence-corrected chi connectivity index (χ2v) is 32.8. The van der Waals surface area contributed by atoms with E-state index in [0.29, 0.717) is 94.6 Å². The second kappa shape index (κ2) is 49.5. The molecule has 9 heterocycles. The summed E-state index contributed by atoms with van der Waals surface area (Å²) in [6.45, 7) is -1.05. The molecule has 10 aromatic carbocycles. The highest BCUT2D eigenvalue weighted by molar-refractivity contribution is 7.80. The van der Waals surface area contributed by atoms with Gasteiger partial charge in [-0.2, -0.15) is 4.99 Å². The average Bonchev–Trinajstić information content (AvgIpc) is 0.875. The normalized spacial score (nSPS) is 12.0. The first-order chi connectivity index (χ1) is 68.1. The number of thiocarbonyl (C=S) groups is 3. The maximum absolute atomic E-state index is 13.0. The van der Waals surface area contributed by atoms with Gasteiger partial charge in [0.05, 0.1) is 141 Å². The van der Waals surface area contributed by atoms with Crippen molar-refractivity contribution in [2.75, 3.05) is 72.8 Å². The maximum atomic E-state index is 13.0. The van der Waals surface area contributed by atoms with Crippen LogP contribution in [0.15, 0.2) is 307 Å². The number of pyridine rings is 7. The number of nitro benzene ring substituents is 2. The molecule has 0 amide bonds. The van der Waals surface area contributed by atoms with E-state index in [1.54, 1.807) is 188 Å². The quantitative estimate of drug-likeness (QED) is 0.0164. The van der Waals surface area contributed by atoms with Crippen LogP contribution in [0.2, 0.25) is 30.1 Å². The van der Waals surface area contributed by atoms with E-state index < -0.39 is 34.8 Å². The van der Waals surface area contributed by atoms with Crippen molar-refractivity contribution in [1.29, 1.82) is 0 Å². The van der Waals surface area contributed by atoms with E-state index in [1.165, 1.54) is 62.8 Å². The van der Waals surface area contributed by atoms with Crippen molar-refractivity contribution in [3.8, 4) is 80.5 Å². The van der Waals surface area contributed by atoms with Crippen LogP contribution < -0.4 is 70.1 Å². The summed E-state index contributed by atoms with van der Waals surface area (Å²) in [4.78, 5) is 69.5. The molecule has 0 radical (unpaired) electrons. The van der Waals surface area contributed by atoms with Crippen LogP contribution in [0.5, 0.6) is 80.5 Å². The molecule has 30 nitrogen and oxygen atoms in total. The van der Waals surface area contributed by atoms with E-state index in [9.17, 15) is 47.4 Å². The predicted octanol–water partition coefficient (Wildman–Crippen LogP) is 25.4. The third-order valence-corrected chi connectivity index (χ3v) is 22.6. The number of methoxy groups -OCH3 is 5. The van der Waals surface area contributed by atoms with Gasteiger partial charge in [0.25, 0.3) is 34.3 Å². The number of nitrogen functional groups attached to an aromatic ring is 1. The Morgan fingerprint density at radius 1 is 0.437 bits per heavy atom. The number of fused-ring (bicyclic) bond motifs is 5. The number of isothiocyanates is 1. The highest BCUT2D eigenvalue weighted by atomic mass is 35.5. The van der Waals surface area contributed by atoms with Crippen LogP contribution in [0, 0.1) is 20.2 Å². The number of likely N-dealkylation sites (tertiary alicyclic amines) is 1. The first-order valence-corrected chi connectivity index (χ1v) is 44.8. The lowest BCUT2D eigenvalue weighted by atomic mass is 10.2. The molecule has 19 rings (SSSR count). The molecule has 0 saturated carbocycles. The van der Waals surface area contributed by atoms with Crippen LogP contribution in [0.4, 0.5) is 46.0 Å². The van der Waals surface area contributed by atoms with Crippen molar-refractivity contribution in [2.45, 2.75) is 11.8 Å². The zero-order valence-electron chi connectivity index (χ0n) is 74.6. The third-order valence-electron chi connectivity index (χ3n) is 19.9. The van der Waals surface area contributed by atoms with Gasteiger partial charge < -0.3 is 69.0 Å². The monoisotopic (exact) mass is 2100 g/mol. The van der Waals surface area contributed by atoms with Crippen LogP contribution >= 0.6 is 106 Å². The summed E-state index contributed by atoms with van der Waals surface area (Å²) in [5.41, 5.74) is 10.3. The number of benzene rings is 10. The standard InChI is InChI=1S/C20H16ClF2N3O2S.C17H11ClN2O2S.C16H11ClN2O4.C16H13ClN2O2.C11H8N2O2S.C10H8ClNO.C6H4ClNO3.C3H5F2N/c1-27-12-2-4-14-17(9-12)24-7-6-18(14)28-13-3-5-16(15(21)8-13)25-19(29)26-10-20(22,23)11-26;1-21-11-2-4-13-16(9-11)19-7-6-17(13)22-12-3-5-15(20-10-23)14(18)8-12;1-22-10-2-4-12-14(9-10)18-7-6-16(12)23-11-3-5-15(19(20)21)13(17)8-11;1-20-10-2-4-12-15(9-10)19-7-6-16(12)21-11-3-5-14(18)13(17)8-11;14-9-5-1-3-7-12(9)11(16)13-8-4-2-6-10(13)15;1-13-7-2-3-8-9(11)4-5-12-10(8)6-7;7-5-3-4(9)1-2-6(5)8(10)11;4-3(5)1-6-2-3/h2-9H,10-11H2,1H3,(H,25,29);2*2-9H,1H3;2-9H,18H2,1H3;1-8H;2-6H,1H3;1-3,9H;6H,1-2H2. The molecule has 17 aromatic rings. The lowest BCUT2D eigenvalue weighted by molar-refractivity contribution is -0.384. The van der Waals surface area contributed by atoms with Crippen LogP contribution in [0.25, 0.3) is 54.5 Å². The molecule has 2 saturated heterocycles. The number of halogens is 10. The van der Waals surface area contributed by atoms with Gasteiger partial charge in [-0.05, 0) is 188 Å². The number of rotatable bonds is 17. The number of aromatic hydroxyl groups is 1. The Labute approximate surface area is 851 Å². The molecular weight excluding hydrogens is 2030 g/mol. The van der Waals surface area contributed by atoms with Gasteiger partial charge in [-0.3, -0.25) is 63.9 Å². The van der Waals surface area contributed by atoms with E-state index in [0.717, 1.165) is 83.9 Å². The van der Waals surface area contributed by atoms with Crippen LogP contribution in [0.3, 0.4) is 0 Å². The van der Waals surface area contributed by atoms with E-state index in [-0.39, 0.29) is 61.6 Å². The number of nitrogens with zero attached hydrogens (tertiary/aromatic N) is 11. The molecule has 0 unspecified atom stereocenters. The Morgan fingerprint density at radius 3 is 1.13 bits per heavy atom. The number of anilines is 2. The number of hydrogen-bond acceptors (Lipinski definition) is 27. The van der Waals surface area contributed by atoms with Gasteiger partial charge in [-0.25, -0.2) is 17.6 Å². The summed E-state index contributed by atoms with van der Waals surface area (Å²) in [7, 11) is 8.05. The van der Waals surface area contributed by atoms with E-state index in [1.807, 2.05) is 78.9 Å². The SMILES string of the molecule is COc1ccc2c(Cl)ccnc2c1.COc1ccc2c(Oc3ccc(N)c(Cl)c3)ccnc2c1.COc1ccc2c(Oc3ccc(N=C=S)c(Cl)c3)ccnc2c1.COc1ccc2c(Oc3ccc(NC(=S)N4CC(F)(F)C4)c(Cl)c3)ccnc2c1.COc1ccc2c(Oc3ccc([N+](=O)[O-])c(Cl)c3)ccnc2c1.FC1(F)CNC1.O=[N+]([O-])c1ccc(O)cc1Cl.O=c1ccccn1C(=S)n1ccccc1=O. The molecule has 0 atom stereocenters. The van der Waals surface area contributed by atoms with Crippen LogP contribution in [-0.4, -0.2) is 143 Å². The molecule has 142 heavy (non-hydrogen) atoms. The van der Waals surface area contributed by atoms with Gasteiger partial charge in [0.2, 0.25) is 0 Å². The van der Waals surface area contributed by atoms with Gasteiger partial charge in [-0.1, -0.05) is 81.7 Å². The van der Waals surface area contributed by atoms with Gasteiger partial charge in [-0.15, -0.1) is 0 Å². The summed E-state index contributed by atoms with van der Waals surface area (Å²) in [6.07, 6.45) is 11.4. The zero-order valence-corrected chi connectivity index (χ0v) is 81.6. The highest BCUT2D eigenvalue weighted by Gasteiger charge is 2.45. The van der Waals surface area contributed by atoms with Gasteiger partial charge in [0.15, 0.2) is 10.2 Å². The molecule has 0 spiro atoms. The Morgan fingerprint density at radius 2 is 0.782 bits per heavy atom. The molecule has 0 aliphatic carbocycles. The number of nitro groups is 2. The van der Waals surface area contributed by atoms with Crippen molar-refractivity contribution in [3.63, 3.8) is 0 Å². The minimum absolute atomic E-state index is 0.0209. The number of nitrogens with one attached hydrogen (secondary N) is 2. The zero-order chi connectivity index (χ0) is 102. The highest BCUT2D eigenvalue weighted by Crippen LogP contribution is 2.41. The fourth-order valence-electron chi connectivity index (χ4n) is 12.7. The summed E-state index contributed by atoms with van der Waals surface area (Å²) < 4.78 is 101. The molecule has 726 valence electrons. The van der Waals surface area contributed by atoms with Gasteiger partial charge in [0, 0.05) is 155 Å². The maximum Gasteiger partial charge on any atom is 0.288 e. The van der Waals surface area contributed by atoms with E-state index >= 15 is 0 Å². The number of nitrogens with two attached hydrogens (primary N) is 1. The number of alkyl halides is 4. The van der Waals surface area contributed by atoms with E-state index in [2.05, 4.69) is 57.9 Å². The Kier molecular flexibility index (Phi) is 36.9. The Balaban J connectivity index is 0.000000149. The summed E-state index contributed by atoms with van der Waals surface area (Å²) in [6, 6.07) is 69.2. The minimum atomic E-state index is -2.69. The summed E-state index contributed by atoms with van der Waals surface area (Å²) >= 11 is 50.6. The number of aliphatic imine (C=N–C) groups is 1. The van der Waals surface area contributed by atoms with E-state index in [4.69, 9.17) is 148 Å². The number of aromatic nitrogens is 7. The van der Waals surface area contributed by atoms with Crippen molar-refractivity contribution < 1.29 is 75.1 Å². The smallest absolute Gasteiger partial charge is 0.288 e. The fourth-order valence-corrected chi connectivity index (χ4v) is 14.7. The van der Waals surface area contributed by atoms with Crippen molar-refractivity contribution in [1.82, 2.24) is 44.3 Å². The number of ether oxygens (including phenoxy) is 9. The number of phenols is 1. The summed E-state index contributed by atoms with van der Waals surface area (Å²) in [5, 5.41) is 44.1. The number of hydrogen-bond donors (Lipinski definition) is 4. The molecule has 2 aliphatic heterocycles. The molecule has 5 N–H and O–H groups in total. The largest absolute Gasteiger partial charge is 0.508 e. The molecule has 43 heteroatoms. The van der Waals surface area contributed by atoms with Gasteiger partial charge >= 0.3 is 0 Å². The molecular formula is C99H76Cl6F4N14O16S3. The topological polar surface area (TPSA) is 364 Å². The minimum Gasteiger partial charge on any atom is -0.508 e. The molecule has 7 aromatic heterocycles. The van der Waals surface area contributed by atoms with Crippen LogP contribution in [-0.2, 0) is 0 Å². The van der Waals surface area contributed by atoms with Crippen LogP contribution in [0.1, 0.15) is 0 Å². The third kappa shape index (κ3) is 28.8. The Bertz CT molecular complexity index is 7500.